The molecule has 7 heteroatoms. The molecule has 0 aliphatic rings. The van der Waals surface area contributed by atoms with Gasteiger partial charge in [-0.15, -0.1) is 0 Å². The van der Waals surface area contributed by atoms with Crippen LogP contribution in [-0.4, -0.2) is 32.8 Å². The van der Waals surface area contributed by atoms with Gasteiger partial charge in [-0.1, -0.05) is 35.0 Å². The van der Waals surface area contributed by atoms with E-state index in [9.17, 15) is 13.2 Å². The smallest absolute Gasteiger partial charge is 0.296 e. The van der Waals surface area contributed by atoms with Gasteiger partial charge in [-0.2, -0.15) is 0 Å². The van der Waals surface area contributed by atoms with Crippen molar-refractivity contribution in [2.75, 3.05) is 18.2 Å². The van der Waals surface area contributed by atoms with Crippen molar-refractivity contribution in [3.05, 3.63) is 65.9 Å². The molecule has 0 aliphatic heterocycles. The summed E-state index contributed by atoms with van der Waals surface area (Å²) < 4.78 is 28.2. The molecule has 0 saturated carbocycles. The fourth-order valence-electron chi connectivity index (χ4n) is 2.44. The van der Waals surface area contributed by atoms with E-state index in [1.807, 2.05) is 31.2 Å². The summed E-state index contributed by atoms with van der Waals surface area (Å²) in [6, 6.07) is 15.4. The lowest BCUT2D eigenvalue weighted by Crippen LogP contribution is -2.25. The Labute approximate surface area is 152 Å². The molecular formula is C19H18N2O4S. The first-order valence-corrected chi connectivity index (χ1v) is 9.77. The summed E-state index contributed by atoms with van der Waals surface area (Å²) in [5, 5.41) is 3.96. The topological polar surface area (TPSA) is 80.5 Å². The van der Waals surface area contributed by atoms with Gasteiger partial charge in [0.25, 0.3) is 5.91 Å². The highest BCUT2D eigenvalue weighted by Crippen LogP contribution is 2.23. The second-order valence-electron chi connectivity index (χ2n) is 6.07. The van der Waals surface area contributed by atoms with Gasteiger partial charge in [0.1, 0.15) is 5.69 Å². The fraction of sp³-hybridized carbons (Fsp3) is 0.158. The van der Waals surface area contributed by atoms with Crippen LogP contribution in [0.15, 0.2) is 64.0 Å². The molecule has 0 fully saturated rings. The lowest BCUT2D eigenvalue weighted by molar-refractivity contribution is 0.0957. The van der Waals surface area contributed by atoms with Gasteiger partial charge in [-0.3, -0.25) is 4.79 Å². The van der Waals surface area contributed by atoms with Crippen LogP contribution in [0.2, 0.25) is 0 Å². The zero-order chi connectivity index (χ0) is 18.9. The highest BCUT2D eigenvalue weighted by Gasteiger charge is 2.20. The minimum absolute atomic E-state index is 0.107. The van der Waals surface area contributed by atoms with Crippen LogP contribution < -0.4 is 4.90 Å². The summed E-state index contributed by atoms with van der Waals surface area (Å²) >= 11 is 0. The summed E-state index contributed by atoms with van der Waals surface area (Å²) in [5.41, 5.74) is 3.12. The molecule has 0 saturated heterocycles. The predicted octanol–water partition coefficient (Wildman–Crippen LogP) is 3.33. The van der Waals surface area contributed by atoms with E-state index in [-0.39, 0.29) is 16.6 Å². The van der Waals surface area contributed by atoms with Crippen molar-refractivity contribution in [2.45, 2.75) is 11.8 Å². The van der Waals surface area contributed by atoms with Crippen LogP contribution in [0.3, 0.4) is 0 Å². The number of aromatic nitrogens is 1. The number of sulfone groups is 1. The van der Waals surface area contributed by atoms with Crippen molar-refractivity contribution >= 4 is 21.4 Å². The van der Waals surface area contributed by atoms with Gasteiger partial charge in [-0.25, -0.2) is 8.42 Å². The van der Waals surface area contributed by atoms with Gasteiger partial charge in [0, 0.05) is 30.6 Å². The number of carbonyl (C=O) groups excluding carboxylic acids is 1. The van der Waals surface area contributed by atoms with Crippen LogP contribution in [0.25, 0.3) is 11.3 Å². The molecule has 0 radical (unpaired) electrons. The van der Waals surface area contributed by atoms with E-state index >= 15 is 0 Å². The van der Waals surface area contributed by atoms with Gasteiger partial charge < -0.3 is 9.42 Å². The van der Waals surface area contributed by atoms with E-state index in [1.54, 1.807) is 25.2 Å². The summed E-state index contributed by atoms with van der Waals surface area (Å²) in [6.45, 7) is 1.99. The fourth-order valence-corrected chi connectivity index (χ4v) is 3.07. The van der Waals surface area contributed by atoms with Crippen molar-refractivity contribution in [1.82, 2.24) is 5.16 Å². The molecule has 2 aromatic carbocycles. The Morgan fingerprint density at radius 1 is 1.04 bits per heavy atom. The van der Waals surface area contributed by atoms with E-state index in [0.29, 0.717) is 11.4 Å². The normalized spacial score (nSPS) is 11.3. The molecule has 3 rings (SSSR count). The standard InChI is InChI=1S/C19H18N2O4S/c1-13-4-6-14(7-5-13)17-12-18(25-20-17)19(22)21(2)15-8-10-16(11-9-15)26(3,23)24/h4-12H,1-3H3. The Kier molecular flexibility index (Phi) is 4.65. The molecule has 134 valence electrons. The molecule has 3 aromatic rings. The number of nitrogens with zero attached hydrogens (tertiary/aromatic N) is 2. The molecule has 1 heterocycles. The second-order valence-corrected chi connectivity index (χ2v) is 8.09. The van der Waals surface area contributed by atoms with Crippen molar-refractivity contribution < 1.29 is 17.7 Å². The molecule has 0 spiro atoms. The lowest BCUT2D eigenvalue weighted by Gasteiger charge is -2.15. The molecule has 0 unspecified atom stereocenters. The third kappa shape index (κ3) is 3.67. The number of benzene rings is 2. The minimum atomic E-state index is -3.28. The average molecular weight is 370 g/mol. The van der Waals surface area contributed by atoms with Crippen molar-refractivity contribution in [3.63, 3.8) is 0 Å². The summed E-state index contributed by atoms with van der Waals surface area (Å²) in [6.07, 6.45) is 1.14. The Balaban J connectivity index is 1.82. The van der Waals surface area contributed by atoms with Crippen molar-refractivity contribution in [3.8, 4) is 11.3 Å². The average Bonchev–Trinajstić information content (AvgIpc) is 3.10. The molecule has 0 bridgehead atoms. The maximum atomic E-state index is 12.6. The quantitative estimate of drug-likeness (QED) is 0.704. The van der Waals surface area contributed by atoms with Gasteiger partial charge in [-0.05, 0) is 31.2 Å². The molecule has 1 aromatic heterocycles. The predicted molar refractivity (Wildman–Crippen MR) is 99.0 cm³/mol. The largest absolute Gasteiger partial charge is 0.350 e. The second kappa shape index (κ2) is 6.76. The minimum Gasteiger partial charge on any atom is -0.350 e. The zero-order valence-corrected chi connectivity index (χ0v) is 15.4. The van der Waals surface area contributed by atoms with Crippen LogP contribution in [0.1, 0.15) is 16.1 Å². The van der Waals surface area contributed by atoms with E-state index in [1.165, 1.54) is 17.0 Å². The van der Waals surface area contributed by atoms with Crippen molar-refractivity contribution in [2.24, 2.45) is 0 Å². The van der Waals surface area contributed by atoms with Gasteiger partial charge in [0.15, 0.2) is 9.84 Å². The third-order valence-electron chi connectivity index (χ3n) is 4.03. The summed E-state index contributed by atoms with van der Waals surface area (Å²) in [5.74, 6) is -0.266. The highest BCUT2D eigenvalue weighted by atomic mass is 32.2. The SMILES string of the molecule is Cc1ccc(-c2cc(C(=O)N(C)c3ccc(S(C)(=O)=O)cc3)on2)cc1. The molecule has 0 N–H and O–H groups in total. The van der Waals surface area contributed by atoms with Crippen LogP contribution in [0, 0.1) is 6.92 Å². The van der Waals surface area contributed by atoms with Crippen LogP contribution in [-0.2, 0) is 9.84 Å². The van der Waals surface area contributed by atoms with Gasteiger partial charge >= 0.3 is 0 Å². The van der Waals surface area contributed by atoms with Crippen molar-refractivity contribution in [1.29, 1.82) is 0 Å². The highest BCUT2D eigenvalue weighted by molar-refractivity contribution is 7.90. The number of anilines is 1. The van der Waals surface area contributed by atoms with Gasteiger partial charge in [0.05, 0.1) is 4.90 Å². The first-order chi connectivity index (χ1) is 12.3. The number of aryl methyl sites for hydroxylation is 1. The monoisotopic (exact) mass is 370 g/mol. The number of hydrogen-bond acceptors (Lipinski definition) is 5. The lowest BCUT2D eigenvalue weighted by atomic mass is 10.1. The van der Waals surface area contributed by atoms with E-state index < -0.39 is 9.84 Å². The number of rotatable bonds is 4. The first kappa shape index (κ1) is 17.9. The van der Waals surface area contributed by atoms with E-state index in [2.05, 4.69) is 5.16 Å². The summed E-state index contributed by atoms with van der Waals surface area (Å²) in [7, 11) is -1.69. The molecular weight excluding hydrogens is 352 g/mol. The maximum absolute atomic E-state index is 12.6. The Hall–Kier alpha value is -2.93. The number of amides is 1. The van der Waals surface area contributed by atoms with E-state index in [4.69, 9.17) is 4.52 Å². The van der Waals surface area contributed by atoms with Crippen LogP contribution >= 0.6 is 0 Å². The first-order valence-electron chi connectivity index (χ1n) is 7.87. The number of carbonyl (C=O) groups is 1. The molecule has 0 atom stereocenters. The molecule has 1 amide bonds. The number of hydrogen-bond donors (Lipinski definition) is 0. The van der Waals surface area contributed by atoms with E-state index in [0.717, 1.165) is 17.4 Å². The Bertz CT molecular complexity index is 1040. The maximum Gasteiger partial charge on any atom is 0.296 e. The van der Waals surface area contributed by atoms with Crippen LogP contribution in [0.5, 0.6) is 0 Å². The molecule has 6 nitrogen and oxygen atoms in total. The summed E-state index contributed by atoms with van der Waals surface area (Å²) in [4.78, 5) is 14.2. The van der Waals surface area contributed by atoms with Crippen LogP contribution in [0.4, 0.5) is 5.69 Å². The third-order valence-corrected chi connectivity index (χ3v) is 5.15. The Morgan fingerprint density at radius 3 is 2.23 bits per heavy atom. The molecule has 26 heavy (non-hydrogen) atoms. The molecule has 0 aliphatic carbocycles. The zero-order valence-electron chi connectivity index (χ0n) is 14.6. The van der Waals surface area contributed by atoms with Gasteiger partial charge in [0.2, 0.25) is 5.76 Å². The Morgan fingerprint density at radius 2 is 1.65 bits per heavy atom.